The fourth-order valence-corrected chi connectivity index (χ4v) is 2.86. The molecule has 1 fully saturated rings. The number of anilines is 2. The van der Waals surface area contributed by atoms with Gasteiger partial charge in [0, 0.05) is 43.6 Å². The summed E-state index contributed by atoms with van der Waals surface area (Å²) in [6.07, 6.45) is 3.46. The molecule has 5 heteroatoms. The van der Waals surface area contributed by atoms with Gasteiger partial charge in [-0.25, -0.2) is 0 Å². The molecule has 0 bridgehead atoms. The molecule has 25 heavy (non-hydrogen) atoms. The zero-order valence-electron chi connectivity index (χ0n) is 14.4. The van der Waals surface area contributed by atoms with Gasteiger partial charge in [0.2, 0.25) is 5.91 Å². The molecule has 130 valence electrons. The van der Waals surface area contributed by atoms with Gasteiger partial charge in [0.25, 0.3) is 0 Å². The minimum atomic E-state index is 0.0474. The number of hydrogen-bond donors (Lipinski definition) is 1. The number of carbonyl (C=O) groups is 1. The Kier molecular flexibility index (Phi) is 5.23. The molecule has 2 N–H and O–H groups in total. The van der Waals surface area contributed by atoms with E-state index < -0.39 is 0 Å². The van der Waals surface area contributed by atoms with E-state index in [1.165, 1.54) is 0 Å². The number of methoxy groups -OCH3 is 1. The summed E-state index contributed by atoms with van der Waals surface area (Å²) in [6, 6.07) is 15.5. The maximum atomic E-state index is 12.3. The molecule has 0 radical (unpaired) electrons. The standard InChI is InChI=1S/C20H23N3O2/c1-25-19-9-7-18(8-10-19)22-12-14-23(15-13-22)20(24)11-4-16-2-5-17(21)6-3-16/h2-11H,12-15,21H2,1H3/b11-4+. The zero-order valence-corrected chi connectivity index (χ0v) is 14.4. The number of amides is 1. The van der Waals surface area contributed by atoms with Gasteiger partial charge in [-0.05, 0) is 48.0 Å². The third-order valence-corrected chi connectivity index (χ3v) is 4.38. The molecule has 0 unspecified atom stereocenters. The van der Waals surface area contributed by atoms with E-state index in [9.17, 15) is 4.79 Å². The molecule has 3 rings (SSSR count). The molecular weight excluding hydrogens is 314 g/mol. The zero-order chi connectivity index (χ0) is 17.6. The Balaban J connectivity index is 1.54. The van der Waals surface area contributed by atoms with Gasteiger partial charge in [-0.2, -0.15) is 0 Å². The van der Waals surface area contributed by atoms with Gasteiger partial charge in [0.1, 0.15) is 5.75 Å². The lowest BCUT2D eigenvalue weighted by molar-refractivity contribution is -0.126. The highest BCUT2D eigenvalue weighted by Crippen LogP contribution is 2.20. The number of nitrogen functional groups attached to an aromatic ring is 1. The number of benzene rings is 2. The highest BCUT2D eigenvalue weighted by molar-refractivity contribution is 5.92. The van der Waals surface area contributed by atoms with Crippen molar-refractivity contribution in [2.75, 3.05) is 43.9 Å². The van der Waals surface area contributed by atoms with Crippen LogP contribution in [-0.4, -0.2) is 44.1 Å². The van der Waals surface area contributed by atoms with Crippen LogP contribution in [0.2, 0.25) is 0 Å². The third-order valence-electron chi connectivity index (χ3n) is 4.38. The minimum absolute atomic E-state index is 0.0474. The average Bonchev–Trinajstić information content (AvgIpc) is 2.67. The van der Waals surface area contributed by atoms with E-state index in [0.717, 1.165) is 48.9 Å². The Morgan fingerprint density at radius 2 is 1.64 bits per heavy atom. The summed E-state index contributed by atoms with van der Waals surface area (Å²) >= 11 is 0. The number of piperazine rings is 1. The Morgan fingerprint density at radius 1 is 1.00 bits per heavy atom. The van der Waals surface area contributed by atoms with E-state index in [-0.39, 0.29) is 5.91 Å². The molecule has 1 aliphatic rings. The first kappa shape index (κ1) is 16.9. The van der Waals surface area contributed by atoms with Crippen LogP contribution in [0.1, 0.15) is 5.56 Å². The first-order valence-corrected chi connectivity index (χ1v) is 8.37. The lowest BCUT2D eigenvalue weighted by Gasteiger charge is -2.35. The molecule has 2 aromatic carbocycles. The van der Waals surface area contributed by atoms with Gasteiger partial charge in [-0.3, -0.25) is 4.79 Å². The highest BCUT2D eigenvalue weighted by atomic mass is 16.5. The van der Waals surface area contributed by atoms with Crippen LogP contribution in [0.15, 0.2) is 54.6 Å². The Hall–Kier alpha value is -2.95. The maximum Gasteiger partial charge on any atom is 0.246 e. The van der Waals surface area contributed by atoms with E-state index in [0.29, 0.717) is 0 Å². The number of hydrogen-bond acceptors (Lipinski definition) is 4. The van der Waals surface area contributed by atoms with Crippen LogP contribution >= 0.6 is 0 Å². The predicted molar refractivity (Wildman–Crippen MR) is 102 cm³/mol. The molecule has 2 aromatic rings. The van der Waals surface area contributed by atoms with E-state index in [4.69, 9.17) is 10.5 Å². The molecule has 0 atom stereocenters. The lowest BCUT2D eigenvalue weighted by Crippen LogP contribution is -2.48. The summed E-state index contributed by atoms with van der Waals surface area (Å²) in [4.78, 5) is 16.5. The largest absolute Gasteiger partial charge is 0.497 e. The van der Waals surface area contributed by atoms with Crippen LogP contribution in [0.3, 0.4) is 0 Å². The molecule has 1 saturated heterocycles. The highest BCUT2D eigenvalue weighted by Gasteiger charge is 2.19. The molecule has 0 aliphatic carbocycles. The van der Waals surface area contributed by atoms with Gasteiger partial charge in [-0.1, -0.05) is 12.1 Å². The Bertz CT molecular complexity index is 731. The van der Waals surface area contributed by atoms with Crippen LogP contribution in [0.4, 0.5) is 11.4 Å². The summed E-state index contributed by atoms with van der Waals surface area (Å²) in [5, 5.41) is 0. The van der Waals surface area contributed by atoms with E-state index in [2.05, 4.69) is 17.0 Å². The number of nitrogens with two attached hydrogens (primary N) is 1. The van der Waals surface area contributed by atoms with Crippen molar-refractivity contribution in [3.05, 3.63) is 60.2 Å². The second-order valence-electron chi connectivity index (χ2n) is 6.01. The molecule has 0 spiro atoms. The smallest absolute Gasteiger partial charge is 0.246 e. The molecule has 1 heterocycles. The maximum absolute atomic E-state index is 12.3. The third kappa shape index (κ3) is 4.32. The van der Waals surface area contributed by atoms with Crippen LogP contribution in [0.5, 0.6) is 5.75 Å². The SMILES string of the molecule is COc1ccc(N2CCN(C(=O)/C=C/c3ccc(N)cc3)CC2)cc1. The number of nitrogens with zero attached hydrogens (tertiary/aromatic N) is 2. The van der Waals surface area contributed by atoms with Gasteiger partial charge in [-0.15, -0.1) is 0 Å². The fraction of sp³-hybridized carbons (Fsp3) is 0.250. The fourth-order valence-electron chi connectivity index (χ4n) is 2.86. The van der Waals surface area contributed by atoms with Gasteiger partial charge in [0.15, 0.2) is 0 Å². The predicted octanol–water partition coefficient (Wildman–Crippen LogP) is 2.64. The van der Waals surface area contributed by atoms with Crippen molar-refractivity contribution >= 4 is 23.4 Å². The summed E-state index contributed by atoms with van der Waals surface area (Å²) in [5.74, 6) is 0.900. The first-order chi connectivity index (χ1) is 12.2. The molecule has 0 saturated carbocycles. The summed E-state index contributed by atoms with van der Waals surface area (Å²) in [6.45, 7) is 3.09. The number of ether oxygens (including phenoxy) is 1. The van der Waals surface area contributed by atoms with Gasteiger partial charge >= 0.3 is 0 Å². The second kappa shape index (κ2) is 7.75. The molecular formula is C20H23N3O2. The number of carbonyl (C=O) groups excluding carboxylic acids is 1. The van der Waals surface area contributed by atoms with Gasteiger partial charge in [0.05, 0.1) is 7.11 Å². The Morgan fingerprint density at radius 3 is 2.24 bits per heavy atom. The summed E-state index contributed by atoms with van der Waals surface area (Å²) < 4.78 is 5.19. The Labute approximate surface area is 148 Å². The van der Waals surface area contributed by atoms with Crippen LogP contribution in [0.25, 0.3) is 6.08 Å². The summed E-state index contributed by atoms with van der Waals surface area (Å²) in [7, 11) is 1.66. The van der Waals surface area contributed by atoms with Crippen molar-refractivity contribution < 1.29 is 9.53 Å². The summed E-state index contributed by atoms with van der Waals surface area (Å²) in [5.41, 5.74) is 8.52. The number of rotatable bonds is 4. The van der Waals surface area contributed by atoms with Crippen molar-refractivity contribution in [3.63, 3.8) is 0 Å². The molecule has 1 amide bonds. The van der Waals surface area contributed by atoms with E-state index >= 15 is 0 Å². The van der Waals surface area contributed by atoms with Crippen LogP contribution in [-0.2, 0) is 4.79 Å². The topological polar surface area (TPSA) is 58.8 Å². The van der Waals surface area contributed by atoms with E-state index in [1.807, 2.05) is 47.4 Å². The monoisotopic (exact) mass is 337 g/mol. The van der Waals surface area contributed by atoms with Crippen LogP contribution < -0.4 is 15.4 Å². The second-order valence-corrected chi connectivity index (χ2v) is 6.01. The van der Waals surface area contributed by atoms with Crippen molar-refractivity contribution in [1.82, 2.24) is 4.90 Å². The van der Waals surface area contributed by atoms with Gasteiger partial charge < -0.3 is 20.3 Å². The van der Waals surface area contributed by atoms with Crippen LogP contribution in [0, 0.1) is 0 Å². The normalized spacial score (nSPS) is 14.8. The molecule has 1 aliphatic heterocycles. The lowest BCUT2D eigenvalue weighted by atomic mass is 10.2. The molecule has 0 aromatic heterocycles. The van der Waals surface area contributed by atoms with Crippen molar-refractivity contribution in [3.8, 4) is 5.75 Å². The quantitative estimate of drug-likeness (QED) is 0.688. The van der Waals surface area contributed by atoms with Crippen molar-refractivity contribution in [1.29, 1.82) is 0 Å². The molecule has 5 nitrogen and oxygen atoms in total. The minimum Gasteiger partial charge on any atom is -0.497 e. The average molecular weight is 337 g/mol. The van der Waals surface area contributed by atoms with Crippen molar-refractivity contribution in [2.24, 2.45) is 0 Å². The first-order valence-electron chi connectivity index (χ1n) is 8.37. The van der Waals surface area contributed by atoms with Crippen molar-refractivity contribution in [2.45, 2.75) is 0 Å². The van der Waals surface area contributed by atoms with E-state index in [1.54, 1.807) is 13.2 Å².